The maximum Gasteiger partial charge on any atom is 0.173 e. The maximum atomic E-state index is 11.4. The van der Waals surface area contributed by atoms with Crippen molar-refractivity contribution in [2.75, 3.05) is 5.33 Å². The van der Waals surface area contributed by atoms with E-state index in [1.165, 1.54) is 0 Å². The van der Waals surface area contributed by atoms with Crippen LogP contribution in [0.4, 0.5) is 0 Å². The largest absolute Gasteiger partial charge is 0.506 e. The SMILES string of the molecule is O=C(CBr)c1cc(Br)c(O)c(CCl)c1. The molecule has 14 heavy (non-hydrogen) atoms. The van der Waals surface area contributed by atoms with Gasteiger partial charge in [0.1, 0.15) is 5.75 Å². The number of hydrogen-bond acceptors (Lipinski definition) is 2. The first-order valence-electron chi connectivity index (χ1n) is 3.76. The van der Waals surface area contributed by atoms with Crippen LogP contribution in [-0.4, -0.2) is 16.2 Å². The molecule has 0 saturated carbocycles. The standard InChI is InChI=1S/C9H7Br2ClO2/c10-3-8(13)5-1-6(4-12)9(14)7(11)2-5/h1-2,14H,3-4H2. The zero-order valence-electron chi connectivity index (χ0n) is 7.06. The van der Waals surface area contributed by atoms with Gasteiger partial charge in [-0.05, 0) is 28.1 Å². The minimum absolute atomic E-state index is 0.0444. The van der Waals surface area contributed by atoms with Crippen molar-refractivity contribution in [3.63, 3.8) is 0 Å². The van der Waals surface area contributed by atoms with Crippen molar-refractivity contribution in [2.45, 2.75) is 5.88 Å². The predicted molar refractivity (Wildman–Crippen MR) is 63.5 cm³/mol. The summed E-state index contributed by atoms with van der Waals surface area (Å²) in [4.78, 5) is 11.4. The Bertz CT molecular complexity index is 366. The third kappa shape index (κ3) is 2.49. The van der Waals surface area contributed by atoms with Crippen molar-refractivity contribution >= 4 is 49.2 Å². The van der Waals surface area contributed by atoms with Gasteiger partial charge in [-0.1, -0.05) is 15.9 Å². The van der Waals surface area contributed by atoms with Crippen LogP contribution in [0, 0.1) is 0 Å². The molecule has 5 heteroatoms. The molecule has 0 aliphatic rings. The number of ketones is 1. The maximum absolute atomic E-state index is 11.4. The minimum Gasteiger partial charge on any atom is -0.506 e. The summed E-state index contributed by atoms with van der Waals surface area (Å²) >= 11 is 11.9. The molecule has 0 unspecified atom stereocenters. The van der Waals surface area contributed by atoms with Gasteiger partial charge in [-0.3, -0.25) is 4.79 Å². The first-order chi connectivity index (χ1) is 6.60. The lowest BCUT2D eigenvalue weighted by molar-refractivity contribution is 0.102. The van der Waals surface area contributed by atoms with Gasteiger partial charge >= 0.3 is 0 Å². The van der Waals surface area contributed by atoms with E-state index in [-0.39, 0.29) is 22.7 Å². The molecule has 0 bridgehead atoms. The summed E-state index contributed by atoms with van der Waals surface area (Å²) in [7, 11) is 0. The van der Waals surface area contributed by atoms with Crippen LogP contribution in [0.1, 0.15) is 15.9 Å². The fourth-order valence-corrected chi connectivity index (χ4v) is 2.02. The summed E-state index contributed by atoms with van der Waals surface area (Å²) in [5.41, 5.74) is 1.08. The Labute approximate surface area is 104 Å². The van der Waals surface area contributed by atoms with Gasteiger partial charge in [0.05, 0.1) is 15.7 Å². The number of Topliss-reactive ketones (excluding diaryl/α,β-unsaturated/α-hetero) is 1. The van der Waals surface area contributed by atoms with E-state index >= 15 is 0 Å². The van der Waals surface area contributed by atoms with Crippen LogP contribution in [0.2, 0.25) is 0 Å². The van der Waals surface area contributed by atoms with Crippen LogP contribution < -0.4 is 0 Å². The smallest absolute Gasteiger partial charge is 0.173 e. The van der Waals surface area contributed by atoms with Gasteiger partial charge in [0.25, 0.3) is 0 Å². The lowest BCUT2D eigenvalue weighted by Gasteiger charge is -2.06. The highest BCUT2D eigenvalue weighted by Gasteiger charge is 2.11. The van der Waals surface area contributed by atoms with Gasteiger partial charge in [0.2, 0.25) is 0 Å². The monoisotopic (exact) mass is 340 g/mol. The van der Waals surface area contributed by atoms with Gasteiger partial charge in [-0.2, -0.15) is 0 Å². The van der Waals surface area contributed by atoms with Crippen LogP contribution in [-0.2, 0) is 5.88 Å². The van der Waals surface area contributed by atoms with E-state index < -0.39 is 0 Å². The van der Waals surface area contributed by atoms with Crippen LogP contribution >= 0.6 is 43.5 Å². The number of benzene rings is 1. The van der Waals surface area contributed by atoms with E-state index in [4.69, 9.17) is 11.6 Å². The third-order valence-corrected chi connectivity index (χ3v) is 3.13. The van der Waals surface area contributed by atoms with Crippen molar-refractivity contribution in [1.29, 1.82) is 0 Å². The van der Waals surface area contributed by atoms with E-state index in [9.17, 15) is 9.90 Å². The van der Waals surface area contributed by atoms with Crippen LogP contribution in [0.5, 0.6) is 5.75 Å². The van der Waals surface area contributed by atoms with Crippen LogP contribution in [0.25, 0.3) is 0 Å². The summed E-state index contributed by atoms with van der Waals surface area (Å²) in [5, 5.41) is 9.78. The quantitative estimate of drug-likeness (QED) is 0.675. The average Bonchev–Trinajstić information content (AvgIpc) is 2.20. The highest BCUT2D eigenvalue weighted by atomic mass is 79.9. The molecule has 0 spiro atoms. The highest BCUT2D eigenvalue weighted by molar-refractivity contribution is 9.10. The van der Waals surface area contributed by atoms with E-state index in [1.54, 1.807) is 12.1 Å². The zero-order valence-corrected chi connectivity index (χ0v) is 11.0. The second kappa shape index (κ2) is 5.14. The number of alkyl halides is 2. The summed E-state index contributed by atoms with van der Waals surface area (Å²) in [6.07, 6.45) is 0. The number of phenolic OH excluding ortho intramolecular Hbond substituents is 1. The molecular formula is C9H7Br2ClO2. The van der Waals surface area contributed by atoms with Crippen molar-refractivity contribution in [3.8, 4) is 5.75 Å². The molecule has 0 heterocycles. The highest BCUT2D eigenvalue weighted by Crippen LogP contribution is 2.30. The summed E-state index contributed by atoms with van der Waals surface area (Å²) in [6, 6.07) is 3.17. The first kappa shape index (κ1) is 12.0. The number of aromatic hydroxyl groups is 1. The molecule has 0 aliphatic carbocycles. The molecule has 1 N–H and O–H groups in total. The predicted octanol–water partition coefficient (Wildman–Crippen LogP) is 3.47. The number of hydrogen-bond donors (Lipinski definition) is 1. The number of halogens is 3. The molecule has 0 aliphatic heterocycles. The van der Waals surface area contributed by atoms with E-state index in [1.807, 2.05) is 0 Å². The third-order valence-electron chi connectivity index (χ3n) is 1.73. The molecule has 76 valence electrons. The number of phenols is 1. The van der Waals surface area contributed by atoms with Crippen molar-refractivity contribution in [1.82, 2.24) is 0 Å². The molecule has 1 aromatic rings. The lowest BCUT2D eigenvalue weighted by Crippen LogP contribution is -2.00. The Morgan fingerprint density at radius 3 is 2.64 bits per heavy atom. The van der Waals surface area contributed by atoms with Gasteiger partial charge in [-0.15, -0.1) is 11.6 Å². The van der Waals surface area contributed by atoms with Crippen LogP contribution in [0.15, 0.2) is 16.6 Å². The van der Waals surface area contributed by atoms with Gasteiger partial charge in [-0.25, -0.2) is 0 Å². The molecule has 0 fully saturated rings. The Morgan fingerprint density at radius 2 is 2.14 bits per heavy atom. The van der Waals surface area contributed by atoms with Gasteiger partial charge < -0.3 is 5.11 Å². The number of carbonyl (C=O) groups is 1. The normalized spacial score (nSPS) is 10.2. The molecular weight excluding hydrogens is 335 g/mol. The molecule has 1 aromatic carbocycles. The van der Waals surface area contributed by atoms with E-state index in [0.717, 1.165) is 0 Å². The van der Waals surface area contributed by atoms with Crippen molar-refractivity contribution in [2.24, 2.45) is 0 Å². The number of carbonyl (C=O) groups excluding carboxylic acids is 1. The summed E-state index contributed by atoms with van der Waals surface area (Å²) in [5.74, 6) is 0.219. The number of rotatable bonds is 3. The lowest BCUT2D eigenvalue weighted by atomic mass is 10.1. The first-order valence-corrected chi connectivity index (χ1v) is 6.21. The van der Waals surface area contributed by atoms with E-state index in [0.29, 0.717) is 15.6 Å². The Kier molecular flexibility index (Phi) is 4.41. The fourth-order valence-electron chi connectivity index (χ4n) is 0.996. The zero-order chi connectivity index (χ0) is 10.7. The molecule has 0 amide bonds. The topological polar surface area (TPSA) is 37.3 Å². The average molecular weight is 342 g/mol. The van der Waals surface area contributed by atoms with Crippen molar-refractivity contribution in [3.05, 3.63) is 27.7 Å². The second-order valence-electron chi connectivity index (χ2n) is 2.66. The Balaban J connectivity index is 3.22. The molecule has 0 saturated heterocycles. The van der Waals surface area contributed by atoms with Gasteiger partial charge in [0, 0.05) is 11.1 Å². The summed E-state index contributed by atoms with van der Waals surface area (Å²) in [6.45, 7) is 0. The molecule has 0 radical (unpaired) electrons. The molecule has 2 nitrogen and oxygen atoms in total. The second-order valence-corrected chi connectivity index (χ2v) is 4.34. The Morgan fingerprint density at radius 1 is 1.50 bits per heavy atom. The minimum atomic E-state index is -0.0444. The van der Waals surface area contributed by atoms with E-state index in [2.05, 4.69) is 31.9 Å². The van der Waals surface area contributed by atoms with Crippen molar-refractivity contribution < 1.29 is 9.90 Å². The summed E-state index contributed by atoms with van der Waals surface area (Å²) < 4.78 is 0.486. The molecule has 0 aromatic heterocycles. The Hall–Kier alpha value is -0.0600. The van der Waals surface area contributed by atoms with Crippen LogP contribution in [0.3, 0.4) is 0 Å². The molecule has 1 rings (SSSR count). The fraction of sp³-hybridized carbons (Fsp3) is 0.222. The molecule has 0 atom stereocenters. The van der Waals surface area contributed by atoms with Gasteiger partial charge in [0.15, 0.2) is 5.78 Å².